The van der Waals surface area contributed by atoms with Gasteiger partial charge >= 0.3 is 5.97 Å². The van der Waals surface area contributed by atoms with Gasteiger partial charge in [0.05, 0.1) is 5.92 Å². The summed E-state index contributed by atoms with van der Waals surface area (Å²) in [6.07, 6.45) is 3.36. The summed E-state index contributed by atoms with van der Waals surface area (Å²) in [6.45, 7) is 10.1. The minimum atomic E-state index is -0.0869. The van der Waals surface area contributed by atoms with Crippen molar-refractivity contribution >= 4 is 5.97 Å². The Labute approximate surface area is 81.0 Å². The fourth-order valence-corrected chi connectivity index (χ4v) is 1.26. The molecule has 0 saturated carbocycles. The number of rotatable bonds is 6. The zero-order chi connectivity index (χ0) is 10.3. The minimum absolute atomic E-state index is 0.0555. The third-order valence-electron chi connectivity index (χ3n) is 1.93. The summed E-state index contributed by atoms with van der Waals surface area (Å²) in [7, 11) is 0. The average Bonchev–Trinajstić information content (AvgIpc) is 2.09. The normalized spacial score (nSPS) is 12.6. The average molecular weight is 184 g/mol. The summed E-state index contributed by atoms with van der Waals surface area (Å²) in [5, 5.41) is 0. The Morgan fingerprint density at radius 1 is 1.54 bits per heavy atom. The van der Waals surface area contributed by atoms with Crippen LogP contribution in [0.2, 0.25) is 0 Å². The van der Waals surface area contributed by atoms with Crippen LogP contribution in [-0.4, -0.2) is 12.6 Å². The molecule has 0 heterocycles. The van der Waals surface area contributed by atoms with Gasteiger partial charge in [-0.1, -0.05) is 33.4 Å². The van der Waals surface area contributed by atoms with Gasteiger partial charge in [0, 0.05) is 0 Å². The molecule has 2 heteroatoms. The van der Waals surface area contributed by atoms with Gasteiger partial charge in [-0.25, -0.2) is 0 Å². The van der Waals surface area contributed by atoms with E-state index in [9.17, 15) is 4.79 Å². The number of hydrogen-bond acceptors (Lipinski definition) is 2. The van der Waals surface area contributed by atoms with Gasteiger partial charge in [-0.15, -0.1) is 0 Å². The van der Waals surface area contributed by atoms with Crippen molar-refractivity contribution in [2.75, 3.05) is 6.61 Å². The maximum Gasteiger partial charge on any atom is 0.309 e. The van der Waals surface area contributed by atoms with Crippen LogP contribution in [0.4, 0.5) is 0 Å². The molecule has 2 nitrogen and oxygen atoms in total. The molecular weight excluding hydrogens is 164 g/mol. The van der Waals surface area contributed by atoms with Crippen molar-refractivity contribution in [3.8, 4) is 0 Å². The van der Waals surface area contributed by atoms with E-state index in [0.29, 0.717) is 12.5 Å². The van der Waals surface area contributed by atoms with Crippen LogP contribution in [-0.2, 0) is 9.53 Å². The Hall–Kier alpha value is -0.790. The zero-order valence-electron chi connectivity index (χ0n) is 8.88. The lowest BCUT2D eigenvalue weighted by molar-refractivity contribution is -0.147. The molecule has 76 valence electrons. The van der Waals surface area contributed by atoms with Crippen molar-refractivity contribution in [1.82, 2.24) is 0 Å². The van der Waals surface area contributed by atoms with E-state index < -0.39 is 0 Å². The van der Waals surface area contributed by atoms with Crippen LogP contribution in [0, 0.1) is 11.8 Å². The highest BCUT2D eigenvalue weighted by Gasteiger charge is 2.18. The molecule has 13 heavy (non-hydrogen) atoms. The molecule has 0 saturated heterocycles. The summed E-state index contributed by atoms with van der Waals surface area (Å²) < 4.78 is 4.99. The number of hydrogen-bond donors (Lipinski definition) is 0. The summed E-state index contributed by atoms with van der Waals surface area (Å²) in [6, 6.07) is 0. The highest BCUT2D eigenvalue weighted by Crippen LogP contribution is 2.16. The van der Waals surface area contributed by atoms with Crippen molar-refractivity contribution < 1.29 is 9.53 Å². The molecule has 0 aromatic heterocycles. The second kappa shape index (κ2) is 6.70. The summed E-state index contributed by atoms with van der Waals surface area (Å²) in [4.78, 5) is 11.4. The van der Waals surface area contributed by atoms with Gasteiger partial charge < -0.3 is 4.74 Å². The Balaban J connectivity index is 3.91. The van der Waals surface area contributed by atoms with Gasteiger partial charge in [-0.3, -0.25) is 4.79 Å². The van der Waals surface area contributed by atoms with E-state index in [-0.39, 0.29) is 11.9 Å². The van der Waals surface area contributed by atoms with Crippen LogP contribution in [0.3, 0.4) is 0 Å². The Morgan fingerprint density at radius 2 is 2.15 bits per heavy atom. The largest absolute Gasteiger partial charge is 0.461 e. The molecule has 0 radical (unpaired) electrons. The van der Waals surface area contributed by atoms with E-state index in [1.54, 1.807) is 6.08 Å². The monoisotopic (exact) mass is 184 g/mol. The summed E-state index contributed by atoms with van der Waals surface area (Å²) in [5.74, 6) is 0.511. The molecule has 0 aromatic carbocycles. The van der Waals surface area contributed by atoms with Crippen LogP contribution in [0.15, 0.2) is 12.7 Å². The van der Waals surface area contributed by atoms with Crippen molar-refractivity contribution in [3.05, 3.63) is 12.7 Å². The van der Waals surface area contributed by atoms with E-state index >= 15 is 0 Å². The first-order valence-electron chi connectivity index (χ1n) is 4.89. The molecule has 0 rings (SSSR count). The maximum atomic E-state index is 11.4. The quantitative estimate of drug-likeness (QED) is 0.468. The maximum absolute atomic E-state index is 11.4. The molecule has 0 N–H and O–H groups in total. The van der Waals surface area contributed by atoms with Gasteiger partial charge in [0.25, 0.3) is 0 Å². The second-order valence-corrected chi connectivity index (χ2v) is 3.65. The van der Waals surface area contributed by atoms with Crippen molar-refractivity contribution in [2.24, 2.45) is 11.8 Å². The Bertz CT molecular complexity index is 161. The van der Waals surface area contributed by atoms with Crippen LogP contribution in [0.25, 0.3) is 0 Å². The van der Waals surface area contributed by atoms with E-state index in [0.717, 1.165) is 12.8 Å². The summed E-state index contributed by atoms with van der Waals surface area (Å²) in [5.41, 5.74) is 0. The fourth-order valence-electron chi connectivity index (χ4n) is 1.26. The third kappa shape index (κ3) is 5.45. The molecule has 0 aliphatic carbocycles. The van der Waals surface area contributed by atoms with E-state index in [2.05, 4.69) is 20.4 Å². The second-order valence-electron chi connectivity index (χ2n) is 3.65. The summed E-state index contributed by atoms with van der Waals surface area (Å²) >= 11 is 0. The molecule has 0 aliphatic heterocycles. The number of ether oxygens (including phenoxy) is 1. The van der Waals surface area contributed by atoms with Crippen LogP contribution in [0.1, 0.15) is 33.6 Å². The molecule has 1 unspecified atom stereocenters. The standard InChI is InChI=1S/C11H20O2/c1-5-7-13-11(12)10(6-2)8-9(3)4/h5,9-10H,1,6-8H2,2-4H3. The van der Waals surface area contributed by atoms with Crippen molar-refractivity contribution in [1.29, 1.82) is 0 Å². The zero-order valence-corrected chi connectivity index (χ0v) is 8.88. The SMILES string of the molecule is C=CCOC(=O)C(CC)CC(C)C. The van der Waals surface area contributed by atoms with E-state index in [1.165, 1.54) is 0 Å². The molecule has 0 amide bonds. The number of carbonyl (C=O) groups is 1. The first-order chi connectivity index (χ1) is 6.11. The van der Waals surface area contributed by atoms with Gasteiger partial charge in [0.2, 0.25) is 0 Å². The molecule has 0 bridgehead atoms. The van der Waals surface area contributed by atoms with E-state index in [4.69, 9.17) is 4.74 Å². The highest BCUT2D eigenvalue weighted by atomic mass is 16.5. The third-order valence-corrected chi connectivity index (χ3v) is 1.93. The van der Waals surface area contributed by atoms with Gasteiger partial charge in [0.1, 0.15) is 6.61 Å². The van der Waals surface area contributed by atoms with Gasteiger partial charge in [-0.05, 0) is 18.8 Å². The lowest BCUT2D eigenvalue weighted by atomic mass is 9.95. The minimum Gasteiger partial charge on any atom is -0.461 e. The molecule has 0 fully saturated rings. The number of esters is 1. The topological polar surface area (TPSA) is 26.3 Å². The first kappa shape index (κ1) is 12.2. The number of carbonyl (C=O) groups excluding carboxylic acids is 1. The first-order valence-corrected chi connectivity index (χ1v) is 4.89. The molecule has 0 spiro atoms. The van der Waals surface area contributed by atoms with Crippen LogP contribution < -0.4 is 0 Å². The van der Waals surface area contributed by atoms with Gasteiger partial charge in [0.15, 0.2) is 0 Å². The van der Waals surface area contributed by atoms with Gasteiger partial charge in [-0.2, -0.15) is 0 Å². The lowest BCUT2D eigenvalue weighted by Gasteiger charge is -2.15. The predicted molar refractivity (Wildman–Crippen MR) is 54.4 cm³/mol. The van der Waals surface area contributed by atoms with Crippen LogP contribution in [0.5, 0.6) is 0 Å². The Morgan fingerprint density at radius 3 is 2.54 bits per heavy atom. The van der Waals surface area contributed by atoms with Crippen molar-refractivity contribution in [3.63, 3.8) is 0 Å². The van der Waals surface area contributed by atoms with Crippen molar-refractivity contribution in [2.45, 2.75) is 33.6 Å². The fraction of sp³-hybridized carbons (Fsp3) is 0.727. The molecule has 0 aliphatic rings. The predicted octanol–water partition coefficient (Wildman–Crippen LogP) is 2.79. The molecular formula is C11H20O2. The Kier molecular flexibility index (Phi) is 6.29. The molecule has 1 atom stereocenters. The van der Waals surface area contributed by atoms with Crippen LogP contribution >= 0.6 is 0 Å². The molecule has 0 aromatic rings. The smallest absolute Gasteiger partial charge is 0.309 e. The van der Waals surface area contributed by atoms with E-state index in [1.807, 2.05) is 6.92 Å². The highest BCUT2D eigenvalue weighted by molar-refractivity contribution is 5.72. The lowest BCUT2D eigenvalue weighted by Crippen LogP contribution is -2.18.